The molecule has 0 unspecified atom stereocenters. The third-order valence-corrected chi connectivity index (χ3v) is 5.17. The van der Waals surface area contributed by atoms with Crippen LogP contribution < -0.4 is 10.2 Å². The summed E-state index contributed by atoms with van der Waals surface area (Å²) in [5.74, 6) is 0.931. The van der Waals surface area contributed by atoms with E-state index in [0.717, 1.165) is 37.3 Å². The standard InChI is InChI=1S/C19H28N4O2/c1-15(24)23-12-6-7-17(23)19(25)21-14-16-8-9-18(20-13-16)22-10-4-2-3-5-11-22/h8-9,13,17H,2-7,10-12,14H2,1H3,(H,21,25)/t17-/m0/s1. The van der Waals surface area contributed by atoms with Crippen LogP contribution in [0.5, 0.6) is 0 Å². The van der Waals surface area contributed by atoms with Gasteiger partial charge >= 0.3 is 0 Å². The molecule has 0 spiro atoms. The first-order chi connectivity index (χ1) is 12.1. The van der Waals surface area contributed by atoms with E-state index in [1.165, 1.54) is 32.6 Å². The molecule has 0 aromatic carbocycles. The molecule has 1 atom stereocenters. The van der Waals surface area contributed by atoms with Crippen molar-refractivity contribution in [1.82, 2.24) is 15.2 Å². The fraction of sp³-hybridized carbons (Fsp3) is 0.632. The van der Waals surface area contributed by atoms with Gasteiger partial charge in [-0.1, -0.05) is 18.9 Å². The first kappa shape index (κ1) is 17.7. The fourth-order valence-corrected chi connectivity index (χ4v) is 3.73. The number of carbonyl (C=O) groups excluding carboxylic acids is 2. The molecule has 0 radical (unpaired) electrons. The number of hydrogen-bond acceptors (Lipinski definition) is 4. The Bertz CT molecular complexity index is 594. The lowest BCUT2D eigenvalue weighted by molar-refractivity contribution is -0.136. The molecule has 3 heterocycles. The van der Waals surface area contributed by atoms with E-state index in [-0.39, 0.29) is 17.9 Å². The summed E-state index contributed by atoms with van der Waals surface area (Å²) < 4.78 is 0. The third-order valence-electron chi connectivity index (χ3n) is 5.17. The minimum absolute atomic E-state index is 0.0267. The maximum Gasteiger partial charge on any atom is 0.243 e. The summed E-state index contributed by atoms with van der Waals surface area (Å²) in [6.07, 6.45) is 8.55. The molecule has 1 aromatic heterocycles. The number of carbonyl (C=O) groups is 2. The number of anilines is 1. The summed E-state index contributed by atoms with van der Waals surface area (Å²) in [7, 11) is 0. The van der Waals surface area contributed by atoms with Gasteiger partial charge in [-0.15, -0.1) is 0 Å². The van der Waals surface area contributed by atoms with Crippen molar-refractivity contribution in [3.63, 3.8) is 0 Å². The van der Waals surface area contributed by atoms with E-state index in [1.807, 2.05) is 18.3 Å². The molecule has 6 nitrogen and oxygen atoms in total. The summed E-state index contributed by atoms with van der Waals surface area (Å²) in [5.41, 5.74) is 0.985. The molecule has 0 saturated carbocycles. The number of nitrogens with one attached hydrogen (secondary N) is 1. The highest BCUT2D eigenvalue weighted by molar-refractivity contribution is 5.87. The van der Waals surface area contributed by atoms with Crippen molar-refractivity contribution in [2.24, 2.45) is 0 Å². The minimum atomic E-state index is -0.318. The summed E-state index contributed by atoms with van der Waals surface area (Å²) >= 11 is 0. The number of aromatic nitrogens is 1. The first-order valence-corrected chi connectivity index (χ1v) is 9.40. The second-order valence-electron chi connectivity index (χ2n) is 7.01. The molecule has 2 aliphatic heterocycles. The van der Waals surface area contributed by atoms with Gasteiger partial charge in [0.15, 0.2) is 0 Å². The van der Waals surface area contributed by atoms with Crippen molar-refractivity contribution in [1.29, 1.82) is 0 Å². The summed E-state index contributed by atoms with van der Waals surface area (Å²) in [6, 6.07) is 3.76. The molecule has 2 saturated heterocycles. The second kappa shape index (κ2) is 8.32. The van der Waals surface area contributed by atoms with E-state index in [4.69, 9.17) is 0 Å². The molecule has 0 aliphatic carbocycles. The molecule has 1 N–H and O–H groups in total. The summed E-state index contributed by atoms with van der Waals surface area (Å²) in [6.45, 7) is 4.81. The number of likely N-dealkylation sites (tertiary alicyclic amines) is 1. The molecule has 1 aromatic rings. The zero-order chi connectivity index (χ0) is 17.6. The highest BCUT2D eigenvalue weighted by Crippen LogP contribution is 2.19. The van der Waals surface area contributed by atoms with Crippen LogP contribution in [0.2, 0.25) is 0 Å². The Labute approximate surface area is 149 Å². The lowest BCUT2D eigenvalue weighted by atomic mass is 10.2. The van der Waals surface area contributed by atoms with Gasteiger partial charge in [-0.05, 0) is 37.3 Å². The number of pyridine rings is 1. The van der Waals surface area contributed by atoms with Crippen molar-refractivity contribution >= 4 is 17.6 Å². The van der Waals surface area contributed by atoms with Gasteiger partial charge in [0, 0.05) is 39.3 Å². The second-order valence-corrected chi connectivity index (χ2v) is 7.01. The van der Waals surface area contributed by atoms with E-state index in [9.17, 15) is 9.59 Å². The molecule has 0 bridgehead atoms. The average Bonchev–Trinajstić information content (AvgIpc) is 2.96. The normalized spacial score (nSPS) is 21.1. The van der Waals surface area contributed by atoms with Crippen LogP contribution in [-0.4, -0.2) is 47.4 Å². The lowest BCUT2D eigenvalue weighted by Crippen LogP contribution is -2.44. The van der Waals surface area contributed by atoms with Crippen LogP contribution in [0.25, 0.3) is 0 Å². The highest BCUT2D eigenvalue weighted by Gasteiger charge is 2.31. The van der Waals surface area contributed by atoms with Crippen LogP contribution in [0.1, 0.15) is 51.0 Å². The van der Waals surface area contributed by atoms with Gasteiger partial charge in [-0.2, -0.15) is 0 Å². The van der Waals surface area contributed by atoms with Crippen molar-refractivity contribution in [2.45, 2.75) is 58.0 Å². The Hall–Kier alpha value is -2.11. The summed E-state index contributed by atoms with van der Waals surface area (Å²) in [4.78, 5) is 32.5. The Morgan fingerprint density at radius 1 is 1.12 bits per heavy atom. The highest BCUT2D eigenvalue weighted by atomic mass is 16.2. The zero-order valence-electron chi connectivity index (χ0n) is 15.0. The molecule has 2 amide bonds. The topological polar surface area (TPSA) is 65.5 Å². The SMILES string of the molecule is CC(=O)N1CCC[C@H]1C(=O)NCc1ccc(N2CCCCCC2)nc1. The van der Waals surface area contributed by atoms with E-state index < -0.39 is 0 Å². The summed E-state index contributed by atoms with van der Waals surface area (Å²) in [5, 5.41) is 2.95. The van der Waals surface area contributed by atoms with E-state index in [2.05, 4.69) is 15.2 Å². The Kier molecular flexibility index (Phi) is 5.89. The average molecular weight is 344 g/mol. The monoisotopic (exact) mass is 344 g/mol. The van der Waals surface area contributed by atoms with Crippen molar-refractivity contribution in [2.75, 3.05) is 24.5 Å². The lowest BCUT2D eigenvalue weighted by Gasteiger charge is -2.23. The Morgan fingerprint density at radius 3 is 2.52 bits per heavy atom. The number of hydrogen-bond donors (Lipinski definition) is 1. The van der Waals surface area contributed by atoms with Crippen LogP contribution in [0.4, 0.5) is 5.82 Å². The van der Waals surface area contributed by atoms with Crippen LogP contribution in [-0.2, 0) is 16.1 Å². The molecule has 2 aliphatic rings. The van der Waals surface area contributed by atoms with Crippen LogP contribution >= 0.6 is 0 Å². The van der Waals surface area contributed by atoms with Gasteiger partial charge in [0.25, 0.3) is 0 Å². The van der Waals surface area contributed by atoms with E-state index in [1.54, 1.807) is 4.90 Å². The van der Waals surface area contributed by atoms with E-state index >= 15 is 0 Å². The predicted octanol–water partition coefficient (Wildman–Crippen LogP) is 2.09. The van der Waals surface area contributed by atoms with E-state index in [0.29, 0.717) is 13.1 Å². The first-order valence-electron chi connectivity index (χ1n) is 9.40. The molecule has 25 heavy (non-hydrogen) atoms. The van der Waals surface area contributed by atoms with Gasteiger partial charge in [0.1, 0.15) is 11.9 Å². The fourth-order valence-electron chi connectivity index (χ4n) is 3.73. The molecule has 136 valence electrons. The van der Waals surface area contributed by atoms with Crippen molar-refractivity contribution in [3.05, 3.63) is 23.9 Å². The largest absolute Gasteiger partial charge is 0.357 e. The molecule has 6 heteroatoms. The number of nitrogens with zero attached hydrogens (tertiary/aromatic N) is 3. The minimum Gasteiger partial charge on any atom is -0.357 e. The number of amides is 2. The van der Waals surface area contributed by atoms with Crippen molar-refractivity contribution in [3.8, 4) is 0 Å². The van der Waals surface area contributed by atoms with Gasteiger partial charge in [-0.25, -0.2) is 4.98 Å². The quantitative estimate of drug-likeness (QED) is 0.908. The zero-order valence-corrected chi connectivity index (χ0v) is 15.0. The van der Waals surface area contributed by atoms with Gasteiger partial charge in [0.2, 0.25) is 11.8 Å². The molecular weight excluding hydrogens is 316 g/mol. The van der Waals surface area contributed by atoms with Gasteiger partial charge in [0.05, 0.1) is 0 Å². The molecular formula is C19H28N4O2. The Balaban J connectivity index is 1.53. The molecule has 3 rings (SSSR count). The predicted molar refractivity (Wildman–Crippen MR) is 97.2 cm³/mol. The van der Waals surface area contributed by atoms with Gasteiger partial charge < -0.3 is 15.1 Å². The van der Waals surface area contributed by atoms with Crippen LogP contribution in [0.3, 0.4) is 0 Å². The third kappa shape index (κ3) is 4.50. The smallest absolute Gasteiger partial charge is 0.243 e. The number of rotatable bonds is 4. The Morgan fingerprint density at radius 2 is 1.88 bits per heavy atom. The van der Waals surface area contributed by atoms with Gasteiger partial charge in [-0.3, -0.25) is 9.59 Å². The maximum absolute atomic E-state index is 12.4. The van der Waals surface area contributed by atoms with Crippen LogP contribution in [0.15, 0.2) is 18.3 Å². The maximum atomic E-state index is 12.4. The van der Waals surface area contributed by atoms with Crippen LogP contribution in [0, 0.1) is 0 Å². The van der Waals surface area contributed by atoms with Crippen molar-refractivity contribution < 1.29 is 9.59 Å². The molecule has 2 fully saturated rings.